The first-order valence-corrected chi connectivity index (χ1v) is 4.54. The largest absolute Gasteiger partial charge is 0.411 e. The van der Waals surface area contributed by atoms with Crippen LogP contribution in [0.15, 0.2) is 0 Å². The number of nitrogens with one attached hydrogen (secondary N) is 2. The van der Waals surface area contributed by atoms with Crippen LogP contribution in [0.4, 0.5) is 13.2 Å². The van der Waals surface area contributed by atoms with E-state index >= 15 is 0 Å². The monoisotopic (exact) mass is 208 g/mol. The molecule has 0 unspecified atom stereocenters. The highest BCUT2D eigenvalue weighted by Gasteiger charge is 2.64. The zero-order valence-corrected chi connectivity index (χ0v) is 7.45. The Labute approximate surface area is 79.0 Å². The second-order valence-corrected chi connectivity index (χ2v) is 3.92. The summed E-state index contributed by atoms with van der Waals surface area (Å²) in [6.45, 7) is 0.972. The molecule has 0 bridgehead atoms. The summed E-state index contributed by atoms with van der Waals surface area (Å²) in [4.78, 5) is 11.3. The van der Waals surface area contributed by atoms with Gasteiger partial charge in [-0.05, 0) is 12.8 Å². The molecule has 1 aliphatic carbocycles. The van der Waals surface area contributed by atoms with Crippen molar-refractivity contribution in [2.24, 2.45) is 5.92 Å². The zero-order valence-electron chi connectivity index (χ0n) is 7.45. The van der Waals surface area contributed by atoms with Crippen molar-refractivity contribution in [1.29, 1.82) is 0 Å². The van der Waals surface area contributed by atoms with E-state index in [2.05, 4.69) is 10.6 Å². The minimum atomic E-state index is -4.31. The van der Waals surface area contributed by atoms with Gasteiger partial charge in [0.2, 0.25) is 5.91 Å². The Hall–Kier alpha value is -0.780. The molecule has 1 heterocycles. The zero-order chi connectivity index (χ0) is 10.4. The molecular formula is C8H11F3N2O. The summed E-state index contributed by atoms with van der Waals surface area (Å²) < 4.78 is 37.2. The van der Waals surface area contributed by atoms with Gasteiger partial charge in [0, 0.05) is 13.1 Å². The van der Waals surface area contributed by atoms with E-state index in [-0.39, 0.29) is 18.8 Å². The van der Waals surface area contributed by atoms with E-state index in [0.717, 1.165) is 0 Å². The summed E-state index contributed by atoms with van der Waals surface area (Å²) in [5.41, 5.74) is -1.90. The van der Waals surface area contributed by atoms with E-state index in [1.807, 2.05) is 0 Å². The Kier molecular flexibility index (Phi) is 1.99. The topological polar surface area (TPSA) is 41.1 Å². The highest BCUT2D eigenvalue weighted by molar-refractivity contribution is 5.81. The highest BCUT2D eigenvalue weighted by Crippen LogP contribution is 2.49. The summed E-state index contributed by atoms with van der Waals surface area (Å²) in [5.74, 6) is -0.756. The summed E-state index contributed by atoms with van der Waals surface area (Å²) in [7, 11) is 0. The molecule has 0 aromatic carbocycles. The quantitative estimate of drug-likeness (QED) is 0.690. The van der Waals surface area contributed by atoms with Crippen molar-refractivity contribution in [1.82, 2.24) is 10.6 Å². The molecule has 1 aliphatic heterocycles. The third kappa shape index (κ3) is 1.47. The van der Waals surface area contributed by atoms with Crippen LogP contribution in [0, 0.1) is 5.92 Å². The molecule has 0 atom stereocenters. The third-order valence-electron chi connectivity index (χ3n) is 2.81. The van der Waals surface area contributed by atoms with Crippen molar-refractivity contribution >= 4 is 5.91 Å². The fourth-order valence-electron chi connectivity index (χ4n) is 1.42. The van der Waals surface area contributed by atoms with Crippen molar-refractivity contribution in [3.63, 3.8) is 0 Å². The van der Waals surface area contributed by atoms with Crippen molar-refractivity contribution in [2.75, 3.05) is 13.1 Å². The number of carbonyl (C=O) groups excluding carboxylic acids is 1. The lowest BCUT2D eigenvalue weighted by atomic mass is 10.0. The van der Waals surface area contributed by atoms with Gasteiger partial charge in [-0.15, -0.1) is 0 Å². The molecule has 0 aromatic heterocycles. The number of hydrogen-bond donors (Lipinski definition) is 2. The van der Waals surface area contributed by atoms with Crippen molar-refractivity contribution < 1.29 is 18.0 Å². The molecule has 3 nitrogen and oxygen atoms in total. The van der Waals surface area contributed by atoms with Crippen molar-refractivity contribution in [3.8, 4) is 0 Å². The average Bonchev–Trinajstić information content (AvgIpc) is 2.61. The average molecular weight is 208 g/mol. The molecule has 80 valence electrons. The molecule has 2 N–H and O–H groups in total. The van der Waals surface area contributed by atoms with E-state index < -0.39 is 17.6 Å². The maximum atomic E-state index is 12.4. The van der Waals surface area contributed by atoms with Gasteiger partial charge >= 0.3 is 6.18 Å². The van der Waals surface area contributed by atoms with Gasteiger partial charge in [-0.1, -0.05) is 0 Å². The van der Waals surface area contributed by atoms with Gasteiger partial charge in [-0.25, -0.2) is 0 Å². The number of halogens is 3. The molecule has 1 saturated carbocycles. The minimum Gasteiger partial charge on any atom is -0.342 e. The lowest BCUT2D eigenvalue weighted by molar-refractivity contribution is -0.171. The lowest BCUT2D eigenvalue weighted by Gasteiger charge is -2.29. The first-order valence-electron chi connectivity index (χ1n) is 4.54. The fourth-order valence-corrected chi connectivity index (χ4v) is 1.42. The van der Waals surface area contributed by atoms with Gasteiger partial charge in [-0.2, -0.15) is 13.2 Å². The predicted molar refractivity (Wildman–Crippen MR) is 42.5 cm³/mol. The smallest absolute Gasteiger partial charge is 0.342 e. The second-order valence-electron chi connectivity index (χ2n) is 3.92. The maximum absolute atomic E-state index is 12.4. The van der Waals surface area contributed by atoms with Crippen LogP contribution in [0.1, 0.15) is 12.8 Å². The Morgan fingerprint density at radius 2 is 1.93 bits per heavy atom. The van der Waals surface area contributed by atoms with Crippen LogP contribution in [0.5, 0.6) is 0 Å². The van der Waals surface area contributed by atoms with Crippen LogP contribution in [0.2, 0.25) is 0 Å². The van der Waals surface area contributed by atoms with Crippen LogP contribution < -0.4 is 10.6 Å². The number of amides is 1. The third-order valence-corrected chi connectivity index (χ3v) is 2.81. The molecule has 0 aromatic rings. The molecule has 0 radical (unpaired) electrons. The molecule has 0 spiro atoms. The van der Waals surface area contributed by atoms with E-state index in [4.69, 9.17) is 0 Å². The van der Waals surface area contributed by atoms with Crippen LogP contribution in [0.25, 0.3) is 0 Å². The number of carbonyl (C=O) groups is 1. The Bertz CT molecular complexity index is 256. The first-order chi connectivity index (χ1) is 6.45. The fraction of sp³-hybridized carbons (Fsp3) is 0.875. The number of hydrogen-bond acceptors (Lipinski definition) is 2. The standard InChI is InChI=1S/C8H11F3N2O/c9-8(10,11)7(1-2-7)13-6(14)5-3-12-4-5/h5,12H,1-4H2,(H,13,14). The summed E-state index contributed by atoms with van der Waals surface area (Å²) in [5, 5.41) is 4.95. The van der Waals surface area contributed by atoms with Gasteiger partial charge in [0.05, 0.1) is 5.92 Å². The normalized spacial score (nSPS) is 25.4. The molecule has 6 heteroatoms. The van der Waals surface area contributed by atoms with E-state index in [9.17, 15) is 18.0 Å². The van der Waals surface area contributed by atoms with Gasteiger partial charge in [0.25, 0.3) is 0 Å². The predicted octanol–water partition coefficient (Wildman–Crippen LogP) is 0.417. The summed E-state index contributed by atoms with van der Waals surface area (Å²) in [6, 6.07) is 0. The molecule has 14 heavy (non-hydrogen) atoms. The van der Waals surface area contributed by atoms with E-state index in [1.165, 1.54) is 0 Å². The summed E-state index contributed by atoms with van der Waals surface area (Å²) in [6.07, 6.45) is -4.27. The molecule has 2 aliphatic rings. The lowest BCUT2D eigenvalue weighted by Crippen LogP contribution is -2.56. The molecule has 2 fully saturated rings. The van der Waals surface area contributed by atoms with Gasteiger partial charge in [0.15, 0.2) is 0 Å². The highest BCUT2D eigenvalue weighted by atomic mass is 19.4. The van der Waals surface area contributed by atoms with Crippen molar-refractivity contribution in [3.05, 3.63) is 0 Å². The van der Waals surface area contributed by atoms with Gasteiger partial charge in [0.1, 0.15) is 5.54 Å². The van der Waals surface area contributed by atoms with Crippen LogP contribution in [-0.4, -0.2) is 30.7 Å². The summed E-state index contributed by atoms with van der Waals surface area (Å²) >= 11 is 0. The molecule has 2 rings (SSSR count). The number of rotatable bonds is 2. The maximum Gasteiger partial charge on any atom is 0.411 e. The van der Waals surface area contributed by atoms with Crippen molar-refractivity contribution in [2.45, 2.75) is 24.6 Å². The molecule has 1 amide bonds. The van der Waals surface area contributed by atoms with Gasteiger partial charge < -0.3 is 10.6 Å². The van der Waals surface area contributed by atoms with E-state index in [1.54, 1.807) is 0 Å². The SMILES string of the molecule is O=C(NC1(C(F)(F)F)CC1)C1CNC1. The Balaban J connectivity index is 1.93. The van der Waals surface area contributed by atoms with Crippen LogP contribution >= 0.6 is 0 Å². The Morgan fingerprint density at radius 1 is 1.36 bits per heavy atom. The van der Waals surface area contributed by atoms with Gasteiger partial charge in [-0.3, -0.25) is 4.79 Å². The van der Waals surface area contributed by atoms with Crippen LogP contribution in [-0.2, 0) is 4.79 Å². The van der Waals surface area contributed by atoms with Crippen LogP contribution in [0.3, 0.4) is 0 Å². The molecule has 1 saturated heterocycles. The first kappa shape index (κ1) is 9.76. The number of alkyl halides is 3. The van der Waals surface area contributed by atoms with E-state index in [0.29, 0.717) is 13.1 Å². The Morgan fingerprint density at radius 3 is 2.21 bits per heavy atom. The minimum absolute atomic E-state index is 0.0163. The second kappa shape index (κ2) is 2.85. The molecular weight excluding hydrogens is 197 g/mol.